The van der Waals surface area contributed by atoms with Crippen molar-refractivity contribution in [2.75, 3.05) is 0 Å². The third kappa shape index (κ3) is 3.01. The lowest BCUT2D eigenvalue weighted by Crippen LogP contribution is -1.98. The molecule has 0 saturated heterocycles. The summed E-state index contributed by atoms with van der Waals surface area (Å²) in [6.07, 6.45) is 3.38. The Hall–Kier alpha value is -2.68. The van der Waals surface area contributed by atoms with Crippen LogP contribution in [-0.2, 0) is 6.61 Å². The van der Waals surface area contributed by atoms with Crippen molar-refractivity contribution < 1.29 is 4.74 Å². The molecule has 0 fully saturated rings. The summed E-state index contributed by atoms with van der Waals surface area (Å²) < 4.78 is 5.68. The molecule has 0 amide bonds. The summed E-state index contributed by atoms with van der Waals surface area (Å²) >= 11 is 0. The van der Waals surface area contributed by atoms with E-state index in [1.165, 1.54) is 0 Å². The van der Waals surface area contributed by atoms with Crippen LogP contribution in [-0.4, -0.2) is 9.97 Å². The van der Waals surface area contributed by atoms with E-state index in [1.807, 2.05) is 60.7 Å². The van der Waals surface area contributed by atoms with Gasteiger partial charge in [-0.05, 0) is 5.56 Å². The summed E-state index contributed by atoms with van der Waals surface area (Å²) in [4.78, 5) is 8.66. The maximum atomic E-state index is 5.68. The Balaban J connectivity index is 1.75. The first kappa shape index (κ1) is 12.4. The average molecular weight is 262 g/mol. The highest BCUT2D eigenvalue weighted by atomic mass is 16.5. The fraction of sp³-hybridized carbons (Fsp3) is 0.0588. The molecular weight excluding hydrogens is 248 g/mol. The van der Waals surface area contributed by atoms with Gasteiger partial charge in [-0.2, -0.15) is 0 Å². The fourth-order valence-corrected chi connectivity index (χ4v) is 1.90. The molecule has 3 heteroatoms. The van der Waals surface area contributed by atoms with Gasteiger partial charge in [-0.25, -0.2) is 4.98 Å². The monoisotopic (exact) mass is 262 g/mol. The summed E-state index contributed by atoms with van der Waals surface area (Å²) in [7, 11) is 0. The number of nitrogens with zero attached hydrogens (tertiary/aromatic N) is 2. The third-order valence-electron chi connectivity index (χ3n) is 2.91. The van der Waals surface area contributed by atoms with Gasteiger partial charge in [0.25, 0.3) is 0 Å². The van der Waals surface area contributed by atoms with Crippen LogP contribution in [0.2, 0.25) is 0 Å². The van der Waals surface area contributed by atoms with E-state index >= 15 is 0 Å². The van der Waals surface area contributed by atoms with Crippen molar-refractivity contribution in [3.8, 4) is 17.1 Å². The Morgan fingerprint density at radius 2 is 1.50 bits per heavy atom. The molecule has 98 valence electrons. The molecule has 0 atom stereocenters. The SMILES string of the molecule is c1ccc(COc2cncc(-c3ccccc3)n2)cc1. The molecule has 3 nitrogen and oxygen atoms in total. The van der Waals surface area contributed by atoms with E-state index in [-0.39, 0.29) is 0 Å². The maximum absolute atomic E-state index is 5.68. The first-order valence-corrected chi connectivity index (χ1v) is 6.46. The molecule has 3 rings (SSSR count). The first-order valence-electron chi connectivity index (χ1n) is 6.46. The van der Waals surface area contributed by atoms with Gasteiger partial charge in [0, 0.05) is 5.56 Å². The molecule has 0 spiro atoms. The van der Waals surface area contributed by atoms with E-state index in [0.29, 0.717) is 12.5 Å². The summed E-state index contributed by atoms with van der Waals surface area (Å²) in [5, 5.41) is 0. The molecule has 3 aromatic rings. The smallest absolute Gasteiger partial charge is 0.233 e. The number of ether oxygens (including phenoxy) is 1. The highest BCUT2D eigenvalue weighted by Crippen LogP contribution is 2.18. The third-order valence-corrected chi connectivity index (χ3v) is 2.91. The van der Waals surface area contributed by atoms with E-state index < -0.39 is 0 Å². The van der Waals surface area contributed by atoms with Gasteiger partial charge in [-0.3, -0.25) is 4.98 Å². The van der Waals surface area contributed by atoms with E-state index in [1.54, 1.807) is 12.4 Å². The Bertz CT molecular complexity index is 669. The summed E-state index contributed by atoms with van der Waals surface area (Å²) in [5.41, 5.74) is 2.96. The van der Waals surface area contributed by atoms with Gasteiger partial charge < -0.3 is 4.74 Å². The lowest BCUT2D eigenvalue weighted by Gasteiger charge is -2.06. The molecule has 0 unspecified atom stereocenters. The van der Waals surface area contributed by atoms with Gasteiger partial charge in [0.05, 0.1) is 18.1 Å². The predicted molar refractivity (Wildman–Crippen MR) is 78.2 cm³/mol. The Labute approximate surface area is 117 Å². The molecule has 0 bridgehead atoms. The van der Waals surface area contributed by atoms with E-state index in [9.17, 15) is 0 Å². The second kappa shape index (κ2) is 5.97. The number of rotatable bonds is 4. The number of benzene rings is 2. The van der Waals surface area contributed by atoms with Gasteiger partial charge >= 0.3 is 0 Å². The summed E-state index contributed by atoms with van der Waals surface area (Å²) in [6.45, 7) is 0.494. The normalized spacial score (nSPS) is 10.2. The second-order valence-corrected chi connectivity index (χ2v) is 4.38. The van der Waals surface area contributed by atoms with Crippen molar-refractivity contribution in [1.29, 1.82) is 0 Å². The first-order chi connectivity index (χ1) is 9.92. The fourth-order valence-electron chi connectivity index (χ4n) is 1.90. The van der Waals surface area contributed by atoms with Crippen molar-refractivity contribution in [3.63, 3.8) is 0 Å². The van der Waals surface area contributed by atoms with E-state index in [2.05, 4.69) is 9.97 Å². The molecule has 0 aliphatic carbocycles. The minimum absolute atomic E-state index is 0.494. The van der Waals surface area contributed by atoms with Crippen LogP contribution in [0.3, 0.4) is 0 Å². The molecule has 2 aromatic carbocycles. The standard InChI is InChI=1S/C17H14N2O/c1-3-7-14(8-4-1)13-20-17-12-18-11-16(19-17)15-9-5-2-6-10-15/h1-12H,13H2. The largest absolute Gasteiger partial charge is 0.472 e. The lowest BCUT2D eigenvalue weighted by atomic mass is 10.2. The predicted octanol–water partition coefficient (Wildman–Crippen LogP) is 3.72. The zero-order chi connectivity index (χ0) is 13.6. The van der Waals surface area contributed by atoms with Crippen LogP contribution >= 0.6 is 0 Å². The molecule has 1 heterocycles. The molecule has 0 saturated carbocycles. The van der Waals surface area contributed by atoms with Gasteiger partial charge in [0.1, 0.15) is 6.61 Å². The van der Waals surface area contributed by atoms with Crippen LogP contribution in [0.15, 0.2) is 73.1 Å². The average Bonchev–Trinajstić information content (AvgIpc) is 2.55. The van der Waals surface area contributed by atoms with Gasteiger partial charge in [0.2, 0.25) is 5.88 Å². The Kier molecular flexibility index (Phi) is 3.69. The van der Waals surface area contributed by atoms with E-state index in [0.717, 1.165) is 16.8 Å². The molecule has 0 N–H and O–H groups in total. The van der Waals surface area contributed by atoms with Crippen molar-refractivity contribution in [1.82, 2.24) is 9.97 Å². The molecular formula is C17H14N2O. The number of hydrogen-bond donors (Lipinski definition) is 0. The van der Waals surface area contributed by atoms with Crippen LogP contribution < -0.4 is 4.74 Å². The van der Waals surface area contributed by atoms with Crippen molar-refractivity contribution in [2.45, 2.75) is 6.61 Å². The van der Waals surface area contributed by atoms with Crippen LogP contribution in [0.25, 0.3) is 11.3 Å². The lowest BCUT2D eigenvalue weighted by molar-refractivity contribution is 0.293. The van der Waals surface area contributed by atoms with Gasteiger partial charge in [-0.15, -0.1) is 0 Å². The maximum Gasteiger partial charge on any atom is 0.233 e. The quantitative estimate of drug-likeness (QED) is 0.718. The molecule has 20 heavy (non-hydrogen) atoms. The number of hydrogen-bond acceptors (Lipinski definition) is 3. The number of aromatic nitrogens is 2. The Morgan fingerprint density at radius 3 is 2.25 bits per heavy atom. The zero-order valence-electron chi connectivity index (χ0n) is 10.9. The summed E-state index contributed by atoms with van der Waals surface area (Å²) in [5.74, 6) is 0.537. The molecule has 0 radical (unpaired) electrons. The highest BCUT2D eigenvalue weighted by Gasteiger charge is 2.02. The molecule has 0 aliphatic rings. The van der Waals surface area contributed by atoms with Crippen LogP contribution in [0.5, 0.6) is 5.88 Å². The zero-order valence-corrected chi connectivity index (χ0v) is 10.9. The van der Waals surface area contributed by atoms with Gasteiger partial charge in [-0.1, -0.05) is 60.7 Å². The minimum atomic E-state index is 0.494. The van der Waals surface area contributed by atoms with Crippen molar-refractivity contribution >= 4 is 0 Å². The van der Waals surface area contributed by atoms with Crippen molar-refractivity contribution in [3.05, 3.63) is 78.6 Å². The van der Waals surface area contributed by atoms with E-state index in [4.69, 9.17) is 4.74 Å². The highest BCUT2D eigenvalue weighted by molar-refractivity contribution is 5.57. The Morgan fingerprint density at radius 1 is 0.800 bits per heavy atom. The molecule has 1 aromatic heterocycles. The molecule has 0 aliphatic heterocycles. The minimum Gasteiger partial charge on any atom is -0.472 e. The summed E-state index contributed by atoms with van der Waals surface area (Å²) in [6, 6.07) is 20.0. The second-order valence-electron chi connectivity index (χ2n) is 4.38. The van der Waals surface area contributed by atoms with Gasteiger partial charge in [0.15, 0.2) is 0 Å². The topological polar surface area (TPSA) is 35.0 Å². The van der Waals surface area contributed by atoms with Crippen LogP contribution in [0.4, 0.5) is 0 Å². The van der Waals surface area contributed by atoms with Crippen molar-refractivity contribution in [2.24, 2.45) is 0 Å². The van der Waals surface area contributed by atoms with Crippen LogP contribution in [0, 0.1) is 0 Å². The van der Waals surface area contributed by atoms with Crippen LogP contribution in [0.1, 0.15) is 5.56 Å².